The van der Waals surface area contributed by atoms with E-state index in [0.29, 0.717) is 6.54 Å². The van der Waals surface area contributed by atoms with Crippen LogP contribution >= 0.6 is 0 Å². The lowest BCUT2D eigenvalue weighted by Crippen LogP contribution is -2.39. The fraction of sp³-hybridized carbons (Fsp3) is 0.571. The average molecular weight is 232 g/mol. The van der Waals surface area contributed by atoms with Crippen molar-refractivity contribution < 1.29 is 4.79 Å². The summed E-state index contributed by atoms with van der Waals surface area (Å²) in [5, 5.41) is 3.04. The van der Waals surface area contributed by atoms with Gasteiger partial charge < -0.3 is 5.32 Å². The summed E-state index contributed by atoms with van der Waals surface area (Å²) in [6.07, 6.45) is 4.06. The Morgan fingerprint density at radius 1 is 1.41 bits per heavy atom. The van der Waals surface area contributed by atoms with Crippen molar-refractivity contribution in [2.24, 2.45) is 5.41 Å². The van der Waals surface area contributed by atoms with Crippen LogP contribution in [0.3, 0.4) is 0 Å². The minimum atomic E-state index is -0.319. The number of nitrogens with one attached hydrogen (secondary N) is 1. The summed E-state index contributed by atoms with van der Waals surface area (Å²) < 4.78 is 0. The highest BCUT2D eigenvalue weighted by Gasteiger charge is 2.45. The highest BCUT2D eigenvalue weighted by molar-refractivity contribution is 5.81. The Morgan fingerprint density at radius 2 is 2.12 bits per heavy atom. The molecule has 0 spiro atoms. The Morgan fingerprint density at radius 3 is 2.59 bits per heavy atom. The minimum absolute atomic E-state index is 0.0994. The number of hydrogen-bond acceptors (Lipinski definition) is 2. The molecule has 3 heteroatoms. The van der Waals surface area contributed by atoms with E-state index < -0.39 is 0 Å². The Kier molecular flexibility index (Phi) is 2.94. The van der Waals surface area contributed by atoms with Crippen LogP contribution in [0.25, 0.3) is 0 Å². The van der Waals surface area contributed by atoms with Crippen LogP contribution < -0.4 is 5.32 Å². The van der Waals surface area contributed by atoms with Gasteiger partial charge >= 0.3 is 0 Å². The summed E-state index contributed by atoms with van der Waals surface area (Å²) in [5.74, 6) is 0.111. The first-order valence-electron chi connectivity index (χ1n) is 6.14. The van der Waals surface area contributed by atoms with E-state index in [1.54, 1.807) is 0 Å². The normalized spacial score (nSPS) is 17.6. The van der Waals surface area contributed by atoms with Crippen LogP contribution in [0.5, 0.6) is 0 Å². The Hall–Kier alpha value is -1.38. The smallest absolute Gasteiger partial charge is 0.225 e. The molecule has 0 aromatic carbocycles. The number of aromatic nitrogens is 1. The molecule has 1 aromatic heterocycles. The van der Waals surface area contributed by atoms with Crippen LogP contribution in [0, 0.1) is 5.41 Å². The van der Waals surface area contributed by atoms with E-state index >= 15 is 0 Å². The van der Waals surface area contributed by atoms with Gasteiger partial charge in [0.2, 0.25) is 5.91 Å². The third-order valence-corrected chi connectivity index (χ3v) is 3.33. The molecule has 0 aliphatic heterocycles. The third kappa shape index (κ3) is 2.65. The van der Waals surface area contributed by atoms with E-state index in [4.69, 9.17) is 0 Å². The maximum absolute atomic E-state index is 11.8. The second kappa shape index (κ2) is 4.13. The molecule has 1 heterocycles. The molecule has 3 nitrogen and oxygen atoms in total. The molecule has 0 radical (unpaired) electrons. The standard InChI is InChI=1S/C14H20N2O/c1-13(2,3)12(17)16-10-14(7-8-14)11-6-4-5-9-15-11/h4-6,9H,7-8,10H2,1-3H3,(H,16,17). The summed E-state index contributed by atoms with van der Waals surface area (Å²) in [4.78, 5) is 16.2. The maximum atomic E-state index is 11.8. The van der Waals surface area contributed by atoms with E-state index in [0.717, 1.165) is 18.5 Å². The van der Waals surface area contributed by atoms with Crippen molar-refractivity contribution in [3.05, 3.63) is 30.1 Å². The van der Waals surface area contributed by atoms with Gasteiger partial charge in [-0.2, -0.15) is 0 Å². The third-order valence-electron chi connectivity index (χ3n) is 3.33. The lowest BCUT2D eigenvalue weighted by molar-refractivity contribution is -0.128. The summed E-state index contributed by atoms with van der Waals surface area (Å²) in [6.45, 7) is 6.51. The van der Waals surface area contributed by atoms with Crippen molar-refractivity contribution in [1.82, 2.24) is 10.3 Å². The van der Waals surface area contributed by atoms with E-state index in [2.05, 4.69) is 16.4 Å². The van der Waals surface area contributed by atoms with Crippen molar-refractivity contribution >= 4 is 5.91 Å². The van der Waals surface area contributed by atoms with Crippen LogP contribution in [0.4, 0.5) is 0 Å². The maximum Gasteiger partial charge on any atom is 0.225 e. The van der Waals surface area contributed by atoms with Gasteiger partial charge in [0.05, 0.1) is 0 Å². The van der Waals surface area contributed by atoms with Gasteiger partial charge in [-0.25, -0.2) is 0 Å². The van der Waals surface area contributed by atoms with Crippen molar-refractivity contribution in [3.63, 3.8) is 0 Å². The monoisotopic (exact) mass is 232 g/mol. The van der Waals surface area contributed by atoms with Crippen molar-refractivity contribution in [2.75, 3.05) is 6.54 Å². The number of amides is 1. The molecule has 92 valence electrons. The quantitative estimate of drug-likeness (QED) is 0.868. The largest absolute Gasteiger partial charge is 0.355 e. The second-order valence-electron chi connectivity index (χ2n) is 5.93. The molecule has 0 atom stereocenters. The zero-order chi connectivity index (χ0) is 12.5. The fourth-order valence-electron chi connectivity index (χ4n) is 1.87. The predicted molar refractivity (Wildman–Crippen MR) is 67.6 cm³/mol. The molecule has 1 aliphatic carbocycles. The van der Waals surface area contributed by atoms with E-state index in [1.165, 1.54) is 0 Å². The van der Waals surface area contributed by atoms with Gasteiger partial charge in [0.1, 0.15) is 0 Å². The first-order chi connectivity index (χ1) is 7.94. The molecule has 1 aromatic rings. The predicted octanol–water partition coefficient (Wildman–Crippen LogP) is 2.28. The molecule has 1 aliphatic rings. The van der Waals surface area contributed by atoms with E-state index in [9.17, 15) is 4.79 Å². The van der Waals surface area contributed by atoms with Gasteiger partial charge in [-0.05, 0) is 25.0 Å². The van der Waals surface area contributed by atoms with Gasteiger partial charge in [-0.1, -0.05) is 26.8 Å². The van der Waals surface area contributed by atoms with Crippen molar-refractivity contribution in [1.29, 1.82) is 0 Å². The van der Waals surface area contributed by atoms with Gasteiger partial charge in [-0.15, -0.1) is 0 Å². The molecule has 1 saturated carbocycles. The van der Waals surface area contributed by atoms with Gasteiger partial charge in [-0.3, -0.25) is 9.78 Å². The molecule has 0 unspecified atom stereocenters. The molecular weight excluding hydrogens is 212 g/mol. The van der Waals surface area contributed by atoms with Crippen molar-refractivity contribution in [3.8, 4) is 0 Å². The van der Waals surface area contributed by atoms with Crippen LogP contribution in [0.1, 0.15) is 39.3 Å². The van der Waals surface area contributed by atoms with Crippen LogP contribution in [0.2, 0.25) is 0 Å². The van der Waals surface area contributed by atoms with E-state index in [-0.39, 0.29) is 16.7 Å². The number of nitrogens with zero attached hydrogens (tertiary/aromatic N) is 1. The lowest BCUT2D eigenvalue weighted by atomic mass is 9.94. The number of pyridine rings is 1. The van der Waals surface area contributed by atoms with Gasteiger partial charge in [0.15, 0.2) is 0 Å². The minimum Gasteiger partial charge on any atom is -0.355 e. The number of hydrogen-bond donors (Lipinski definition) is 1. The second-order valence-corrected chi connectivity index (χ2v) is 5.93. The Bertz CT molecular complexity index is 402. The molecule has 1 N–H and O–H groups in total. The molecule has 0 bridgehead atoms. The van der Waals surface area contributed by atoms with Gasteiger partial charge in [0, 0.05) is 29.3 Å². The molecule has 0 saturated heterocycles. The van der Waals surface area contributed by atoms with Crippen LogP contribution in [-0.4, -0.2) is 17.4 Å². The topological polar surface area (TPSA) is 42.0 Å². The molecular formula is C14H20N2O. The summed E-state index contributed by atoms with van der Waals surface area (Å²) >= 11 is 0. The van der Waals surface area contributed by atoms with Crippen molar-refractivity contribution in [2.45, 2.75) is 39.0 Å². The molecule has 17 heavy (non-hydrogen) atoms. The summed E-state index contributed by atoms with van der Waals surface area (Å²) in [7, 11) is 0. The summed E-state index contributed by atoms with van der Waals surface area (Å²) in [6, 6.07) is 5.98. The SMILES string of the molecule is CC(C)(C)C(=O)NCC1(c2ccccn2)CC1. The zero-order valence-corrected chi connectivity index (χ0v) is 10.8. The molecule has 2 rings (SSSR count). The lowest BCUT2D eigenvalue weighted by Gasteiger charge is -2.21. The zero-order valence-electron chi connectivity index (χ0n) is 10.8. The average Bonchev–Trinajstić information content (AvgIpc) is 3.07. The first-order valence-corrected chi connectivity index (χ1v) is 6.14. The first kappa shape index (κ1) is 12.1. The Labute approximate surface area is 103 Å². The van der Waals surface area contributed by atoms with Gasteiger partial charge in [0.25, 0.3) is 0 Å². The highest BCUT2D eigenvalue weighted by Crippen LogP contribution is 2.46. The summed E-state index contributed by atoms with van der Waals surface area (Å²) in [5.41, 5.74) is 0.886. The number of carbonyl (C=O) groups excluding carboxylic acids is 1. The highest BCUT2D eigenvalue weighted by atomic mass is 16.2. The number of rotatable bonds is 3. The molecule has 1 fully saturated rings. The van der Waals surface area contributed by atoms with Crippen LogP contribution in [-0.2, 0) is 10.2 Å². The fourth-order valence-corrected chi connectivity index (χ4v) is 1.87. The van der Waals surface area contributed by atoms with Crippen LogP contribution in [0.15, 0.2) is 24.4 Å². The number of carbonyl (C=O) groups is 1. The Balaban J connectivity index is 1.99. The molecule has 1 amide bonds. The van der Waals surface area contributed by atoms with E-state index in [1.807, 2.05) is 39.1 Å².